The molecule has 0 saturated carbocycles. The van der Waals surface area contributed by atoms with Crippen molar-refractivity contribution >= 4 is 0 Å². The molecule has 75 valence electrons. The summed E-state index contributed by atoms with van der Waals surface area (Å²) in [6.45, 7) is 0.603. The quantitative estimate of drug-likeness (QED) is 0.802. The Morgan fingerprint density at radius 3 is 2.00 bits per heavy atom. The van der Waals surface area contributed by atoms with Crippen molar-refractivity contribution in [3.63, 3.8) is 0 Å². The van der Waals surface area contributed by atoms with Gasteiger partial charge in [-0.1, -0.05) is 54.6 Å². The molecule has 0 spiro atoms. The Balaban J connectivity index is 2.11. The van der Waals surface area contributed by atoms with Crippen molar-refractivity contribution in [2.45, 2.75) is 6.54 Å². The molecule has 1 heteroatoms. The number of rotatable bonds is 3. The summed E-state index contributed by atoms with van der Waals surface area (Å²) in [5.74, 6) is 0. The Hall–Kier alpha value is -1.60. The van der Waals surface area contributed by atoms with Gasteiger partial charge in [0.1, 0.15) is 0 Å². The normalized spacial score (nSPS) is 10.2. The number of hydrogen-bond donors (Lipinski definition) is 1. The van der Waals surface area contributed by atoms with Crippen LogP contribution in [-0.2, 0) is 6.54 Å². The molecular weight excluding hydrogens is 182 g/mol. The number of benzene rings is 2. The molecule has 2 aromatic carbocycles. The van der Waals surface area contributed by atoms with Gasteiger partial charge in [0.15, 0.2) is 0 Å². The monoisotopic (exact) mass is 196 g/mol. The van der Waals surface area contributed by atoms with Gasteiger partial charge in [0.25, 0.3) is 0 Å². The Morgan fingerprint density at radius 2 is 1.40 bits per heavy atom. The molecule has 2 aromatic rings. The SMILES string of the molecule is NCc1ccc([CH]c2ccccc2)cc1. The molecule has 2 rings (SSSR count). The van der Waals surface area contributed by atoms with Gasteiger partial charge in [-0.2, -0.15) is 0 Å². The minimum Gasteiger partial charge on any atom is -0.326 e. The Morgan fingerprint density at radius 1 is 0.800 bits per heavy atom. The molecule has 1 radical (unpaired) electrons. The highest BCUT2D eigenvalue weighted by Gasteiger charge is 1.96. The summed E-state index contributed by atoms with van der Waals surface area (Å²) >= 11 is 0. The second-order valence-corrected chi connectivity index (χ2v) is 3.50. The first-order chi connectivity index (χ1) is 7.38. The van der Waals surface area contributed by atoms with Crippen LogP contribution in [0.2, 0.25) is 0 Å². The van der Waals surface area contributed by atoms with Crippen molar-refractivity contribution < 1.29 is 0 Å². The van der Waals surface area contributed by atoms with Gasteiger partial charge in [0.2, 0.25) is 0 Å². The molecule has 0 bridgehead atoms. The zero-order chi connectivity index (χ0) is 10.5. The molecule has 0 aliphatic carbocycles. The molecule has 1 nitrogen and oxygen atoms in total. The van der Waals surface area contributed by atoms with E-state index in [4.69, 9.17) is 5.73 Å². The van der Waals surface area contributed by atoms with E-state index in [1.807, 2.05) is 18.2 Å². The smallest absolute Gasteiger partial charge is 0.0199 e. The lowest BCUT2D eigenvalue weighted by molar-refractivity contribution is 1.07. The van der Waals surface area contributed by atoms with E-state index >= 15 is 0 Å². The first-order valence-corrected chi connectivity index (χ1v) is 5.07. The summed E-state index contributed by atoms with van der Waals surface area (Å²) < 4.78 is 0. The molecule has 0 amide bonds. The highest BCUT2D eigenvalue weighted by atomic mass is 14.5. The minimum atomic E-state index is 0.603. The summed E-state index contributed by atoms with van der Waals surface area (Å²) in [5, 5.41) is 0. The predicted molar refractivity (Wildman–Crippen MR) is 63.3 cm³/mol. The molecule has 0 fully saturated rings. The molecule has 0 atom stereocenters. The lowest BCUT2D eigenvalue weighted by Gasteiger charge is -2.02. The van der Waals surface area contributed by atoms with Crippen LogP contribution in [0.1, 0.15) is 16.7 Å². The third-order valence-corrected chi connectivity index (χ3v) is 2.35. The summed E-state index contributed by atoms with van der Waals surface area (Å²) in [5.41, 5.74) is 9.14. The third kappa shape index (κ3) is 2.67. The van der Waals surface area contributed by atoms with Crippen molar-refractivity contribution in [2.24, 2.45) is 5.73 Å². The van der Waals surface area contributed by atoms with Crippen LogP contribution in [0.3, 0.4) is 0 Å². The van der Waals surface area contributed by atoms with Crippen molar-refractivity contribution in [1.29, 1.82) is 0 Å². The average molecular weight is 196 g/mol. The van der Waals surface area contributed by atoms with Crippen molar-refractivity contribution in [3.05, 3.63) is 77.7 Å². The molecule has 15 heavy (non-hydrogen) atoms. The van der Waals surface area contributed by atoms with Crippen LogP contribution in [0.15, 0.2) is 54.6 Å². The largest absolute Gasteiger partial charge is 0.326 e. The lowest BCUT2D eigenvalue weighted by atomic mass is 10.0. The van der Waals surface area contributed by atoms with Gasteiger partial charge in [-0.3, -0.25) is 0 Å². The van der Waals surface area contributed by atoms with Crippen LogP contribution in [0.4, 0.5) is 0 Å². The number of hydrogen-bond acceptors (Lipinski definition) is 1. The Labute approximate surface area is 90.6 Å². The molecule has 2 N–H and O–H groups in total. The fourth-order valence-electron chi connectivity index (χ4n) is 1.49. The van der Waals surface area contributed by atoms with E-state index < -0.39 is 0 Å². The van der Waals surface area contributed by atoms with E-state index in [1.54, 1.807) is 0 Å². The zero-order valence-electron chi connectivity index (χ0n) is 8.56. The molecule has 0 saturated heterocycles. The maximum atomic E-state index is 5.54. The lowest BCUT2D eigenvalue weighted by Crippen LogP contribution is -1.95. The number of nitrogens with two attached hydrogens (primary N) is 1. The summed E-state index contributed by atoms with van der Waals surface area (Å²) in [6.07, 6.45) is 2.15. The van der Waals surface area contributed by atoms with Gasteiger partial charge < -0.3 is 5.73 Å². The predicted octanol–water partition coefficient (Wildman–Crippen LogP) is 2.75. The van der Waals surface area contributed by atoms with Crippen LogP contribution in [0.5, 0.6) is 0 Å². The fraction of sp³-hybridized carbons (Fsp3) is 0.0714. The first kappa shape index (κ1) is 9.94. The second-order valence-electron chi connectivity index (χ2n) is 3.50. The van der Waals surface area contributed by atoms with Crippen LogP contribution in [-0.4, -0.2) is 0 Å². The Kier molecular flexibility index (Phi) is 3.15. The van der Waals surface area contributed by atoms with Crippen LogP contribution < -0.4 is 5.73 Å². The van der Waals surface area contributed by atoms with Crippen LogP contribution in [0, 0.1) is 6.42 Å². The molecule has 0 aliphatic heterocycles. The van der Waals surface area contributed by atoms with E-state index in [0.29, 0.717) is 6.54 Å². The topological polar surface area (TPSA) is 26.0 Å². The average Bonchev–Trinajstić information content (AvgIpc) is 2.31. The molecule has 0 unspecified atom stereocenters. The third-order valence-electron chi connectivity index (χ3n) is 2.35. The highest BCUT2D eigenvalue weighted by molar-refractivity contribution is 5.37. The van der Waals surface area contributed by atoms with E-state index in [-0.39, 0.29) is 0 Å². The maximum absolute atomic E-state index is 5.54. The van der Waals surface area contributed by atoms with E-state index in [1.165, 1.54) is 16.7 Å². The van der Waals surface area contributed by atoms with Gasteiger partial charge in [0.05, 0.1) is 0 Å². The first-order valence-electron chi connectivity index (χ1n) is 5.07. The standard InChI is InChI=1S/C14H14N/c15-11-14-8-6-13(7-9-14)10-12-4-2-1-3-5-12/h1-10H,11,15H2. The highest BCUT2D eigenvalue weighted by Crippen LogP contribution is 2.12. The van der Waals surface area contributed by atoms with E-state index in [9.17, 15) is 0 Å². The van der Waals surface area contributed by atoms with E-state index in [0.717, 1.165) is 0 Å². The Bertz CT molecular complexity index is 403. The van der Waals surface area contributed by atoms with Gasteiger partial charge in [0, 0.05) is 13.0 Å². The van der Waals surface area contributed by atoms with Gasteiger partial charge in [-0.15, -0.1) is 0 Å². The van der Waals surface area contributed by atoms with Crippen molar-refractivity contribution in [3.8, 4) is 0 Å². The van der Waals surface area contributed by atoms with Crippen LogP contribution in [0.25, 0.3) is 0 Å². The zero-order valence-corrected chi connectivity index (χ0v) is 8.56. The summed E-state index contributed by atoms with van der Waals surface area (Å²) in [7, 11) is 0. The summed E-state index contributed by atoms with van der Waals surface area (Å²) in [4.78, 5) is 0. The minimum absolute atomic E-state index is 0.603. The maximum Gasteiger partial charge on any atom is 0.0199 e. The molecule has 0 heterocycles. The fourth-order valence-corrected chi connectivity index (χ4v) is 1.49. The van der Waals surface area contributed by atoms with Crippen LogP contribution >= 0.6 is 0 Å². The van der Waals surface area contributed by atoms with Gasteiger partial charge in [-0.05, 0) is 16.7 Å². The summed E-state index contributed by atoms with van der Waals surface area (Å²) in [6, 6.07) is 18.6. The molecule has 0 aliphatic rings. The van der Waals surface area contributed by atoms with Crippen molar-refractivity contribution in [2.75, 3.05) is 0 Å². The van der Waals surface area contributed by atoms with E-state index in [2.05, 4.69) is 42.8 Å². The molecular formula is C14H14N. The van der Waals surface area contributed by atoms with Gasteiger partial charge in [-0.25, -0.2) is 0 Å². The molecule has 0 aromatic heterocycles. The van der Waals surface area contributed by atoms with Crippen molar-refractivity contribution in [1.82, 2.24) is 0 Å². The van der Waals surface area contributed by atoms with Gasteiger partial charge >= 0.3 is 0 Å². The second kappa shape index (κ2) is 4.76.